The third-order valence-electron chi connectivity index (χ3n) is 3.73. The lowest BCUT2D eigenvalue weighted by Gasteiger charge is -2.09. The minimum atomic E-state index is 0.531. The SMILES string of the molecule is CNSc1ccc(Nc2nccc(Nc3cccc4[nH]ncc34)n2)cc1. The van der Waals surface area contributed by atoms with E-state index < -0.39 is 0 Å². The van der Waals surface area contributed by atoms with E-state index in [4.69, 9.17) is 0 Å². The predicted octanol–water partition coefficient (Wildman–Crippen LogP) is 4.07. The zero-order valence-corrected chi connectivity index (χ0v) is 14.8. The Balaban J connectivity index is 1.52. The zero-order valence-electron chi connectivity index (χ0n) is 14.0. The van der Waals surface area contributed by atoms with E-state index in [9.17, 15) is 0 Å². The molecule has 0 spiro atoms. The highest BCUT2D eigenvalue weighted by Crippen LogP contribution is 2.25. The number of aromatic nitrogens is 4. The molecule has 0 aliphatic carbocycles. The van der Waals surface area contributed by atoms with Gasteiger partial charge in [0.15, 0.2) is 0 Å². The van der Waals surface area contributed by atoms with Crippen molar-refractivity contribution < 1.29 is 0 Å². The standard InChI is InChI=1S/C18H17N7S/c1-19-26-13-7-5-12(6-8-13)22-18-20-10-9-17(24-18)23-15-3-2-4-16-14(15)11-21-25-16/h2-11,19H,1H3,(H,21,25)(H2,20,22,23,24). The summed E-state index contributed by atoms with van der Waals surface area (Å²) in [5.74, 6) is 1.24. The molecule has 130 valence electrons. The molecule has 0 saturated carbocycles. The van der Waals surface area contributed by atoms with Crippen LogP contribution in [0.5, 0.6) is 0 Å². The van der Waals surface area contributed by atoms with E-state index in [0.29, 0.717) is 11.8 Å². The molecule has 0 unspecified atom stereocenters. The van der Waals surface area contributed by atoms with Gasteiger partial charge < -0.3 is 10.6 Å². The van der Waals surface area contributed by atoms with Crippen molar-refractivity contribution in [2.24, 2.45) is 0 Å². The van der Waals surface area contributed by atoms with Crippen LogP contribution in [0.2, 0.25) is 0 Å². The molecule has 2 aromatic carbocycles. The average Bonchev–Trinajstić information content (AvgIpc) is 3.14. The molecule has 0 bridgehead atoms. The van der Waals surface area contributed by atoms with Gasteiger partial charge in [0.05, 0.1) is 17.4 Å². The Morgan fingerprint density at radius 3 is 2.73 bits per heavy atom. The molecule has 0 aliphatic heterocycles. The summed E-state index contributed by atoms with van der Waals surface area (Å²) in [6, 6.07) is 15.8. The summed E-state index contributed by atoms with van der Waals surface area (Å²) < 4.78 is 3.05. The molecular weight excluding hydrogens is 346 g/mol. The fourth-order valence-electron chi connectivity index (χ4n) is 2.56. The summed E-state index contributed by atoms with van der Waals surface area (Å²) in [5.41, 5.74) is 2.84. The highest BCUT2D eigenvalue weighted by molar-refractivity contribution is 7.97. The molecule has 8 heteroatoms. The van der Waals surface area contributed by atoms with Crippen molar-refractivity contribution in [1.82, 2.24) is 24.9 Å². The van der Waals surface area contributed by atoms with Crippen LogP contribution in [-0.2, 0) is 0 Å². The third kappa shape index (κ3) is 3.61. The van der Waals surface area contributed by atoms with Crippen molar-refractivity contribution in [3.05, 3.63) is 60.9 Å². The molecule has 0 aliphatic rings. The molecule has 2 aromatic heterocycles. The van der Waals surface area contributed by atoms with Gasteiger partial charge in [-0.25, -0.2) is 4.98 Å². The van der Waals surface area contributed by atoms with E-state index in [0.717, 1.165) is 27.2 Å². The minimum absolute atomic E-state index is 0.531. The molecule has 0 atom stereocenters. The minimum Gasteiger partial charge on any atom is -0.339 e. The summed E-state index contributed by atoms with van der Waals surface area (Å²) in [4.78, 5) is 9.96. The number of rotatable bonds is 6. The summed E-state index contributed by atoms with van der Waals surface area (Å²) in [7, 11) is 1.90. The van der Waals surface area contributed by atoms with Crippen molar-refractivity contribution in [2.75, 3.05) is 17.7 Å². The number of hydrogen-bond donors (Lipinski definition) is 4. The van der Waals surface area contributed by atoms with Crippen LogP contribution in [0.25, 0.3) is 10.9 Å². The van der Waals surface area contributed by atoms with Gasteiger partial charge in [-0.15, -0.1) is 0 Å². The summed E-state index contributed by atoms with van der Waals surface area (Å²) in [6.07, 6.45) is 3.52. The van der Waals surface area contributed by atoms with Crippen molar-refractivity contribution >= 4 is 46.0 Å². The first-order valence-corrected chi connectivity index (χ1v) is 8.86. The van der Waals surface area contributed by atoms with Gasteiger partial charge in [-0.05, 0) is 61.5 Å². The molecule has 0 amide bonds. The molecular formula is C18H17N7S. The van der Waals surface area contributed by atoms with E-state index in [1.54, 1.807) is 24.3 Å². The quantitative estimate of drug-likeness (QED) is 0.384. The summed E-state index contributed by atoms with van der Waals surface area (Å²) in [6.45, 7) is 0. The van der Waals surface area contributed by atoms with Crippen LogP contribution in [0.1, 0.15) is 0 Å². The van der Waals surface area contributed by atoms with Gasteiger partial charge in [0.2, 0.25) is 5.95 Å². The third-order valence-corrected chi connectivity index (χ3v) is 4.45. The molecule has 26 heavy (non-hydrogen) atoms. The molecule has 0 saturated heterocycles. The van der Waals surface area contributed by atoms with Gasteiger partial charge in [0.25, 0.3) is 0 Å². The number of anilines is 4. The number of nitrogens with one attached hydrogen (secondary N) is 4. The van der Waals surface area contributed by atoms with Crippen molar-refractivity contribution in [1.29, 1.82) is 0 Å². The maximum Gasteiger partial charge on any atom is 0.229 e. The fourth-order valence-corrected chi connectivity index (χ4v) is 3.06. The normalized spacial score (nSPS) is 10.8. The highest BCUT2D eigenvalue weighted by Gasteiger charge is 2.05. The van der Waals surface area contributed by atoms with Gasteiger partial charge in [-0.3, -0.25) is 9.82 Å². The number of aromatic amines is 1. The number of nitrogens with zero attached hydrogens (tertiary/aromatic N) is 3. The van der Waals surface area contributed by atoms with Crippen LogP contribution in [-0.4, -0.2) is 27.2 Å². The second kappa shape index (κ2) is 7.42. The molecule has 4 N–H and O–H groups in total. The van der Waals surface area contributed by atoms with Gasteiger partial charge >= 0.3 is 0 Å². The predicted molar refractivity (Wildman–Crippen MR) is 106 cm³/mol. The first-order valence-electron chi connectivity index (χ1n) is 8.05. The second-order valence-corrected chi connectivity index (χ2v) is 6.57. The highest BCUT2D eigenvalue weighted by atomic mass is 32.2. The first kappa shape index (κ1) is 16.4. The van der Waals surface area contributed by atoms with E-state index in [1.807, 2.05) is 55.6 Å². The largest absolute Gasteiger partial charge is 0.339 e. The van der Waals surface area contributed by atoms with Crippen LogP contribution in [0.15, 0.2) is 65.8 Å². The van der Waals surface area contributed by atoms with E-state index in [-0.39, 0.29) is 0 Å². The average molecular weight is 363 g/mol. The summed E-state index contributed by atoms with van der Waals surface area (Å²) in [5, 5.41) is 14.6. The van der Waals surface area contributed by atoms with Crippen LogP contribution in [0.3, 0.4) is 0 Å². The smallest absolute Gasteiger partial charge is 0.229 e. The lowest BCUT2D eigenvalue weighted by atomic mass is 10.2. The van der Waals surface area contributed by atoms with Crippen LogP contribution < -0.4 is 15.4 Å². The number of benzene rings is 2. The lowest BCUT2D eigenvalue weighted by molar-refractivity contribution is 1.12. The second-order valence-electron chi connectivity index (χ2n) is 5.48. The number of hydrogen-bond acceptors (Lipinski definition) is 7. The first-order chi connectivity index (χ1) is 12.8. The van der Waals surface area contributed by atoms with E-state index >= 15 is 0 Å². The fraction of sp³-hybridized carbons (Fsp3) is 0.0556. The van der Waals surface area contributed by atoms with Crippen molar-refractivity contribution in [3.8, 4) is 0 Å². The zero-order chi connectivity index (χ0) is 17.8. The van der Waals surface area contributed by atoms with Crippen molar-refractivity contribution in [3.63, 3.8) is 0 Å². The maximum atomic E-state index is 4.53. The van der Waals surface area contributed by atoms with Crippen molar-refractivity contribution in [2.45, 2.75) is 4.90 Å². The Kier molecular flexibility index (Phi) is 4.67. The summed E-state index contributed by atoms with van der Waals surface area (Å²) >= 11 is 1.57. The maximum absolute atomic E-state index is 4.53. The monoisotopic (exact) mass is 363 g/mol. The topological polar surface area (TPSA) is 90.6 Å². The molecule has 7 nitrogen and oxygen atoms in total. The Morgan fingerprint density at radius 1 is 1.00 bits per heavy atom. The lowest BCUT2D eigenvalue weighted by Crippen LogP contribution is -2.00. The van der Waals surface area contributed by atoms with Crippen LogP contribution in [0.4, 0.5) is 23.1 Å². The van der Waals surface area contributed by atoms with Gasteiger partial charge in [-0.2, -0.15) is 10.1 Å². The molecule has 2 heterocycles. The molecule has 4 aromatic rings. The van der Waals surface area contributed by atoms with Gasteiger partial charge in [-0.1, -0.05) is 6.07 Å². The number of H-pyrrole nitrogens is 1. The Hall–Kier alpha value is -3.10. The van der Waals surface area contributed by atoms with Crippen LogP contribution in [0, 0.1) is 0 Å². The Morgan fingerprint density at radius 2 is 1.88 bits per heavy atom. The van der Waals surface area contributed by atoms with Gasteiger partial charge in [0.1, 0.15) is 5.82 Å². The van der Waals surface area contributed by atoms with Crippen LogP contribution >= 0.6 is 11.9 Å². The van der Waals surface area contributed by atoms with E-state index in [1.165, 1.54) is 0 Å². The Bertz CT molecular complexity index is 1010. The Labute approximate surface area is 154 Å². The van der Waals surface area contributed by atoms with Gasteiger partial charge in [0, 0.05) is 22.2 Å². The number of fused-ring (bicyclic) bond motifs is 1. The molecule has 0 fully saturated rings. The molecule has 0 radical (unpaired) electrons. The molecule has 4 rings (SSSR count). The van der Waals surface area contributed by atoms with E-state index in [2.05, 4.69) is 35.5 Å².